The summed E-state index contributed by atoms with van der Waals surface area (Å²) in [6.07, 6.45) is 3.11. The third kappa shape index (κ3) is 2.95. The van der Waals surface area contributed by atoms with Crippen LogP contribution >= 0.6 is 15.9 Å². The fourth-order valence-electron chi connectivity index (χ4n) is 2.48. The number of carbonyl (C=O) groups is 1. The van der Waals surface area contributed by atoms with Crippen LogP contribution in [0.4, 0.5) is 0 Å². The Hall–Kier alpha value is -1.43. The first kappa shape index (κ1) is 15.9. The molecule has 1 N–H and O–H groups in total. The molecule has 1 aliphatic carbocycles. The molecule has 0 spiro atoms. The highest BCUT2D eigenvalue weighted by Crippen LogP contribution is 2.40. The number of hydrogen-bond acceptors (Lipinski definition) is 4. The Morgan fingerprint density at radius 1 is 1.19 bits per heavy atom. The number of rotatable bonds is 6. The van der Waals surface area contributed by atoms with E-state index in [2.05, 4.69) is 21.2 Å². The van der Waals surface area contributed by atoms with Gasteiger partial charge in [0.15, 0.2) is 11.5 Å². The zero-order chi connectivity index (χ0) is 15.5. The van der Waals surface area contributed by atoms with E-state index in [0.717, 1.165) is 24.6 Å². The van der Waals surface area contributed by atoms with Crippen LogP contribution in [0.5, 0.6) is 17.2 Å². The summed E-state index contributed by atoms with van der Waals surface area (Å²) in [5.74, 6) is 1.18. The van der Waals surface area contributed by atoms with E-state index in [4.69, 9.17) is 14.2 Å². The molecule has 2 rings (SSSR count). The first-order valence-electron chi connectivity index (χ1n) is 6.78. The third-order valence-electron chi connectivity index (χ3n) is 3.89. The smallest absolute Gasteiger partial charge is 0.255 e. The molecule has 116 valence electrons. The summed E-state index contributed by atoms with van der Waals surface area (Å²) in [6, 6.07) is 3.40. The van der Waals surface area contributed by atoms with Crippen LogP contribution in [0.1, 0.15) is 29.6 Å². The van der Waals surface area contributed by atoms with Crippen molar-refractivity contribution in [2.75, 3.05) is 26.7 Å². The molecule has 1 saturated carbocycles. The predicted molar refractivity (Wildman–Crippen MR) is 83.9 cm³/mol. The molecule has 5 nitrogen and oxygen atoms in total. The van der Waals surface area contributed by atoms with Crippen LogP contribution in [-0.2, 0) is 0 Å². The van der Waals surface area contributed by atoms with Gasteiger partial charge < -0.3 is 19.5 Å². The van der Waals surface area contributed by atoms with Gasteiger partial charge in [-0.15, -0.1) is 0 Å². The molecule has 1 aliphatic rings. The van der Waals surface area contributed by atoms with Crippen LogP contribution in [0.2, 0.25) is 0 Å². The minimum absolute atomic E-state index is 0.144. The summed E-state index contributed by atoms with van der Waals surface area (Å²) in [5, 5.41) is 3.85. The maximum Gasteiger partial charge on any atom is 0.255 e. The molecule has 1 fully saturated rings. The molecule has 0 saturated heterocycles. The maximum atomic E-state index is 12.6. The van der Waals surface area contributed by atoms with Crippen molar-refractivity contribution in [2.45, 2.75) is 24.8 Å². The lowest BCUT2D eigenvalue weighted by Crippen LogP contribution is -2.54. The monoisotopic (exact) mass is 357 g/mol. The van der Waals surface area contributed by atoms with Crippen LogP contribution in [-0.4, -0.2) is 38.1 Å². The number of benzene rings is 1. The summed E-state index contributed by atoms with van der Waals surface area (Å²) in [7, 11) is 4.58. The van der Waals surface area contributed by atoms with Crippen molar-refractivity contribution in [1.29, 1.82) is 0 Å². The van der Waals surface area contributed by atoms with Crippen LogP contribution < -0.4 is 19.5 Å². The predicted octanol–water partition coefficient (Wildman–Crippen LogP) is 2.76. The third-order valence-corrected chi connectivity index (χ3v) is 4.97. The molecule has 6 heteroatoms. The first-order valence-corrected chi connectivity index (χ1v) is 7.90. The van der Waals surface area contributed by atoms with Gasteiger partial charge in [-0.3, -0.25) is 4.79 Å². The van der Waals surface area contributed by atoms with Gasteiger partial charge in [-0.2, -0.15) is 0 Å². The van der Waals surface area contributed by atoms with E-state index in [0.29, 0.717) is 22.8 Å². The quantitative estimate of drug-likeness (QED) is 0.795. The summed E-state index contributed by atoms with van der Waals surface area (Å²) in [6.45, 7) is 0. The van der Waals surface area contributed by atoms with Crippen molar-refractivity contribution >= 4 is 21.8 Å². The molecule has 0 aromatic heterocycles. The van der Waals surface area contributed by atoms with E-state index >= 15 is 0 Å². The molecule has 0 unspecified atom stereocenters. The molecule has 0 heterocycles. The number of hydrogen-bond donors (Lipinski definition) is 1. The first-order chi connectivity index (χ1) is 10.1. The zero-order valence-corrected chi connectivity index (χ0v) is 14.1. The second-order valence-electron chi connectivity index (χ2n) is 5.10. The Bertz CT molecular complexity index is 523. The fourth-order valence-corrected chi connectivity index (χ4v) is 3.18. The van der Waals surface area contributed by atoms with Gasteiger partial charge in [-0.1, -0.05) is 15.9 Å². The normalized spacial score (nSPS) is 15.8. The lowest BCUT2D eigenvalue weighted by Gasteiger charge is -2.41. The van der Waals surface area contributed by atoms with E-state index in [1.165, 1.54) is 14.2 Å². The van der Waals surface area contributed by atoms with Gasteiger partial charge in [0.2, 0.25) is 5.75 Å². The summed E-state index contributed by atoms with van der Waals surface area (Å²) in [4.78, 5) is 12.6. The van der Waals surface area contributed by atoms with Crippen molar-refractivity contribution < 1.29 is 19.0 Å². The molecule has 0 radical (unpaired) electrons. The minimum atomic E-state index is -0.160. The van der Waals surface area contributed by atoms with Gasteiger partial charge in [-0.05, 0) is 31.4 Å². The number of ether oxygens (including phenoxy) is 3. The van der Waals surface area contributed by atoms with Gasteiger partial charge in [-0.25, -0.2) is 0 Å². The lowest BCUT2D eigenvalue weighted by molar-refractivity contribution is 0.0852. The second-order valence-corrected chi connectivity index (χ2v) is 5.66. The Morgan fingerprint density at radius 2 is 1.86 bits per heavy atom. The Morgan fingerprint density at radius 3 is 2.29 bits per heavy atom. The highest BCUT2D eigenvalue weighted by molar-refractivity contribution is 9.09. The van der Waals surface area contributed by atoms with E-state index in [1.807, 2.05) is 0 Å². The fraction of sp³-hybridized carbons (Fsp3) is 0.533. The molecule has 21 heavy (non-hydrogen) atoms. The van der Waals surface area contributed by atoms with Gasteiger partial charge in [0.05, 0.1) is 32.4 Å². The molecular weight excluding hydrogens is 338 g/mol. The Labute approximate surface area is 133 Å². The van der Waals surface area contributed by atoms with Crippen LogP contribution in [0.25, 0.3) is 0 Å². The number of methoxy groups -OCH3 is 3. The van der Waals surface area contributed by atoms with Crippen molar-refractivity contribution in [3.8, 4) is 17.2 Å². The van der Waals surface area contributed by atoms with Gasteiger partial charge in [0.1, 0.15) is 0 Å². The largest absolute Gasteiger partial charge is 0.493 e. The zero-order valence-electron chi connectivity index (χ0n) is 12.5. The number of nitrogens with one attached hydrogen (secondary N) is 1. The van der Waals surface area contributed by atoms with Crippen molar-refractivity contribution in [3.05, 3.63) is 17.7 Å². The van der Waals surface area contributed by atoms with Crippen LogP contribution in [0.15, 0.2) is 12.1 Å². The molecule has 0 bridgehead atoms. The summed E-state index contributed by atoms with van der Waals surface area (Å²) in [5.41, 5.74) is 0.303. The number of halogens is 1. The molecule has 0 atom stereocenters. The van der Waals surface area contributed by atoms with Crippen LogP contribution in [0, 0.1) is 0 Å². The van der Waals surface area contributed by atoms with Crippen molar-refractivity contribution in [3.63, 3.8) is 0 Å². The van der Waals surface area contributed by atoms with E-state index in [-0.39, 0.29) is 11.4 Å². The summed E-state index contributed by atoms with van der Waals surface area (Å²) < 4.78 is 15.9. The number of carbonyl (C=O) groups excluding carboxylic acids is 1. The molecular formula is C15H20BrNO4. The standard InChI is InChI=1S/C15H20BrNO4/c1-19-11-6-5-10(12(20-2)13(11)21-3)14(18)17-15(9-16)7-4-8-15/h5-6H,4,7-9H2,1-3H3,(H,17,18). The molecule has 1 amide bonds. The number of alkyl halides is 1. The average molecular weight is 358 g/mol. The highest BCUT2D eigenvalue weighted by atomic mass is 79.9. The van der Waals surface area contributed by atoms with Crippen LogP contribution in [0.3, 0.4) is 0 Å². The molecule has 1 aromatic rings. The number of amides is 1. The second kappa shape index (κ2) is 6.56. The van der Waals surface area contributed by atoms with Gasteiger partial charge >= 0.3 is 0 Å². The topological polar surface area (TPSA) is 56.8 Å². The minimum Gasteiger partial charge on any atom is -0.493 e. The van der Waals surface area contributed by atoms with E-state index in [9.17, 15) is 4.79 Å². The van der Waals surface area contributed by atoms with E-state index in [1.54, 1.807) is 19.2 Å². The lowest BCUT2D eigenvalue weighted by atomic mass is 9.78. The van der Waals surface area contributed by atoms with Crippen molar-refractivity contribution in [2.24, 2.45) is 0 Å². The molecule has 0 aliphatic heterocycles. The Balaban J connectivity index is 2.32. The Kier molecular flexibility index (Phi) is 4.98. The highest BCUT2D eigenvalue weighted by Gasteiger charge is 2.38. The van der Waals surface area contributed by atoms with Gasteiger partial charge in [0, 0.05) is 5.33 Å². The maximum absolute atomic E-state index is 12.6. The SMILES string of the molecule is COc1ccc(C(=O)NC2(CBr)CCC2)c(OC)c1OC. The summed E-state index contributed by atoms with van der Waals surface area (Å²) >= 11 is 3.48. The average Bonchev–Trinajstić information content (AvgIpc) is 2.48. The van der Waals surface area contributed by atoms with Gasteiger partial charge in [0.25, 0.3) is 5.91 Å². The van der Waals surface area contributed by atoms with Crippen molar-refractivity contribution in [1.82, 2.24) is 5.32 Å². The molecule has 1 aromatic carbocycles. The van der Waals surface area contributed by atoms with E-state index < -0.39 is 0 Å².